The van der Waals surface area contributed by atoms with Gasteiger partial charge in [-0.3, -0.25) is 4.98 Å². The third-order valence-corrected chi connectivity index (χ3v) is 4.08. The van der Waals surface area contributed by atoms with Crippen molar-refractivity contribution in [3.8, 4) is 0 Å². The third kappa shape index (κ3) is 3.45. The summed E-state index contributed by atoms with van der Waals surface area (Å²) in [6.07, 6.45) is 6.22. The van der Waals surface area contributed by atoms with E-state index in [0.29, 0.717) is 12.5 Å². The van der Waals surface area contributed by atoms with E-state index in [0.717, 1.165) is 25.9 Å². The van der Waals surface area contributed by atoms with Crippen LogP contribution in [0.3, 0.4) is 0 Å². The first-order chi connectivity index (χ1) is 8.18. The first-order valence-corrected chi connectivity index (χ1v) is 7.13. The van der Waals surface area contributed by atoms with E-state index in [2.05, 4.69) is 20.0 Å². The van der Waals surface area contributed by atoms with Gasteiger partial charge >= 0.3 is 0 Å². The first-order valence-electron chi connectivity index (χ1n) is 5.65. The van der Waals surface area contributed by atoms with Crippen molar-refractivity contribution in [3.63, 3.8) is 0 Å². The van der Waals surface area contributed by atoms with Crippen LogP contribution < -0.4 is 10.0 Å². The highest BCUT2D eigenvalue weighted by Crippen LogP contribution is 2.10. The zero-order valence-corrected chi connectivity index (χ0v) is 10.3. The Balaban J connectivity index is 1.94. The summed E-state index contributed by atoms with van der Waals surface area (Å²) < 4.78 is 26.3. The molecule has 1 fully saturated rings. The molecule has 1 atom stereocenters. The molecule has 6 nitrogen and oxygen atoms in total. The molecule has 0 radical (unpaired) electrons. The number of rotatable bonds is 4. The minimum Gasteiger partial charge on any atom is -0.316 e. The highest BCUT2D eigenvalue weighted by atomic mass is 32.2. The molecule has 2 N–H and O–H groups in total. The summed E-state index contributed by atoms with van der Waals surface area (Å²) in [5.41, 5.74) is 0. The molecule has 1 aliphatic rings. The van der Waals surface area contributed by atoms with Gasteiger partial charge in [-0.05, 0) is 31.8 Å². The van der Waals surface area contributed by atoms with E-state index in [-0.39, 0.29) is 5.03 Å². The number of hydrogen-bond donors (Lipinski definition) is 2. The van der Waals surface area contributed by atoms with Crippen LogP contribution in [0, 0.1) is 5.92 Å². The predicted octanol–water partition coefficient (Wildman–Crippen LogP) is -0.246. The molecule has 1 aromatic rings. The molecule has 2 heterocycles. The maximum atomic E-state index is 11.8. The van der Waals surface area contributed by atoms with Crippen molar-refractivity contribution in [1.29, 1.82) is 0 Å². The van der Waals surface area contributed by atoms with Crippen LogP contribution in [0.15, 0.2) is 23.6 Å². The molecule has 0 spiro atoms. The van der Waals surface area contributed by atoms with E-state index in [4.69, 9.17) is 0 Å². The van der Waals surface area contributed by atoms with Crippen molar-refractivity contribution in [1.82, 2.24) is 20.0 Å². The van der Waals surface area contributed by atoms with Crippen LogP contribution in [0.25, 0.3) is 0 Å². The van der Waals surface area contributed by atoms with Crippen molar-refractivity contribution >= 4 is 10.0 Å². The van der Waals surface area contributed by atoms with Crippen LogP contribution in [-0.2, 0) is 10.0 Å². The van der Waals surface area contributed by atoms with Gasteiger partial charge in [-0.1, -0.05) is 0 Å². The zero-order valence-electron chi connectivity index (χ0n) is 9.46. The fourth-order valence-corrected chi connectivity index (χ4v) is 2.83. The minimum absolute atomic E-state index is 0.0243. The molecule has 1 aromatic heterocycles. The van der Waals surface area contributed by atoms with Crippen molar-refractivity contribution in [2.45, 2.75) is 17.9 Å². The molecule has 2 rings (SSSR count). The van der Waals surface area contributed by atoms with E-state index in [9.17, 15) is 8.42 Å². The van der Waals surface area contributed by atoms with E-state index < -0.39 is 10.0 Å². The predicted molar refractivity (Wildman–Crippen MR) is 62.8 cm³/mol. The van der Waals surface area contributed by atoms with E-state index in [1.165, 1.54) is 18.6 Å². The second-order valence-electron chi connectivity index (χ2n) is 4.11. The Morgan fingerprint density at radius 1 is 1.47 bits per heavy atom. The van der Waals surface area contributed by atoms with Gasteiger partial charge in [0.15, 0.2) is 5.03 Å². The number of nitrogens with zero attached hydrogens (tertiary/aromatic N) is 2. The smallest absolute Gasteiger partial charge is 0.259 e. The van der Waals surface area contributed by atoms with Gasteiger partial charge in [-0.15, -0.1) is 0 Å². The highest BCUT2D eigenvalue weighted by molar-refractivity contribution is 7.89. The fraction of sp³-hybridized carbons (Fsp3) is 0.600. The lowest BCUT2D eigenvalue weighted by atomic mass is 10.0. The van der Waals surface area contributed by atoms with E-state index in [1.807, 2.05) is 0 Å². The number of sulfonamides is 1. The maximum absolute atomic E-state index is 11.8. The van der Waals surface area contributed by atoms with Crippen molar-refractivity contribution in [3.05, 3.63) is 18.6 Å². The van der Waals surface area contributed by atoms with Crippen molar-refractivity contribution in [2.75, 3.05) is 19.6 Å². The molecule has 17 heavy (non-hydrogen) atoms. The van der Waals surface area contributed by atoms with Crippen LogP contribution in [0.4, 0.5) is 0 Å². The van der Waals surface area contributed by atoms with Crippen LogP contribution in [0.5, 0.6) is 0 Å². The lowest BCUT2D eigenvalue weighted by Crippen LogP contribution is -2.38. The molecule has 0 aliphatic carbocycles. The molecule has 0 unspecified atom stereocenters. The Labute approximate surface area is 101 Å². The summed E-state index contributed by atoms with van der Waals surface area (Å²) in [5.74, 6) is 0.357. The van der Waals surface area contributed by atoms with Gasteiger partial charge in [-0.25, -0.2) is 18.1 Å². The molecule has 0 saturated carbocycles. The van der Waals surface area contributed by atoms with Gasteiger partial charge in [0.1, 0.15) is 0 Å². The highest BCUT2D eigenvalue weighted by Gasteiger charge is 2.19. The molecule has 0 bridgehead atoms. The fourth-order valence-electron chi connectivity index (χ4n) is 1.82. The van der Waals surface area contributed by atoms with Crippen molar-refractivity contribution in [2.24, 2.45) is 5.92 Å². The number of hydrogen-bond acceptors (Lipinski definition) is 5. The Hall–Kier alpha value is -1.05. The summed E-state index contributed by atoms with van der Waals surface area (Å²) in [6, 6.07) is 0. The average Bonchev–Trinajstić information content (AvgIpc) is 2.39. The van der Waals surface area contributed by atoms with Gasteiger partial charge in [-0.2, -0.15) is 0 Å². The lowest BCUT2D eigenvalue weighted by Gasteiger charge is -2.22. The molecule has 94 valence electrons. The summed E-state index contributed by atoms with van der Waals surface area (Å²) in [7, 11) is -3.51. The molecule has 1 aliphatic heterocycles. The number of aromatic nitrogens is 2. The average molecular weight is 256 g/mol. The molecule has 7 heteroatoms. The van der Waals surface area contributed by atoms with Gasteiger partial charge < -0.3 is 5.32 Å². The van der Waals surface area contributed by atoms with Crippen molar-refractivity contribution < 1.29 is 8.42 Å². The van der Waals surface area contributed by atoms with Crippen LogP contribution in [0.2, 0.25) is 0 Å². The van der Waals surface area contributed by atoms with Gasteiger partial charge in [0, 0.05) is 18.9 Å². The summed E-state index contributed by atoms with van der Waals surface area (Å²) in [5, 5.41) is 3.22. The minimum atomic E-state index is -3.51. The zero-order chi connectivity index (χ0) is 12.1. The van der Waals surface area contributed by atoms with Crippen LogP contribution in [-0.4, -0.2) is 38.0 Å². The second kappa shape index (κ2) is 5.52. The second-order valence-corrected chi connectivity index (χ2v) is 5.82. The van der Waals surface area contributed by atoms with E-state index in [1.54, 1.807) is 0 Å². The Morgan fingerprint density at radius 2 is 2.35 bits per heavy atom. The van der Waals surface area contributed by atoms with Crippen LogP contribution >= 0.6 is 0 Å². The van der Waals surface area contributed by atoms with Gasteiger partial charge in [0.25, 0.3) is 10.0 Å². The standard InChI is InChI=1S/C10H16N4O2S/c15-17(16,10-8-12-4-5-13-10)14-7-9-2-1-3-11-6-9/h4-5,8-9,11,14H,1-3,6-7H2/t9-/m0/s1. The Bertz CT molecular complexity index is 443. The summed E-state index contributed by atoms with van der Waals surface area (Å²) >= 11 is 0. The lowest BCUT2D eigenvalue weighted by molar-refractivity contribution is 0.375. The summed E-state index contributed by atoms with van der Waals surface area (Å²) in [4.78, 5) is 7.54. The monoisotopic (exact) mass is 256 g/mol. The Morgan fingerprint density at radius 3 is 3.00 bits per heavy atom. The quantitative estimate of drug-likeness (QED) is 0.776. The largest absolute Gasteiger partial charge is 0.316 e. The Kier molecular flexibility index (Phi) is 4.03. The molecule has 0 aromatic carbocycles. The normalized spacial score (nSPS) is 21.3. The van der Waals surface area contributed by atoms with E-state index >= 15 is 0 Å². The SMILES string of the molecule is O=S(=O)(NC[C@H]1CCCNC1)c1cnccn1. The maximum Gasteiger partial charge on any atom is 0.259 e. The molecular weight excluding hydrogens is 240 g/mol. The molecular formula is C10H16N4O2S. The third-order valence-electron chi connectivity index (χ3n) is 2.78. The number of piperidine rings is 1. The molecule has 0 amide bonds. The van der Waals surface area contributed by atoms with Crippen LogP contribution in [0.1, 0.15) is 12.8 Å². The number of nitrogens with one attached hydrogen (secondary N) is 2. The van der Waals surface area contributed by atoms with Gasteiger partial charge in [0.2, 0.25) is 0 Å². The topological polar surface area (TPSA) is 84.0 Å². The summed E-state index contributed by atoms with van der Waals surface area (Å²) in [6.45, 7) is 2.34. The first kappa shape index (κ1) is 12.4. The van der Waals surface area contributed by atoms with Gasteiger partial charge in [0.05, 0.1) is 6.20 Å². The molecule has 1 saturated heterocycles.